The molecule has 0 unspecified atom stereocenters. The molecule has 0 saturated carbocycles. The predicted octanol–water partition coefficient (Wildman–Crippen LogP) is 5.63. The Kier molecular flexibility index (Phi) is 5.27. The molecule has 0 fully saturated rings. The molecule has 4 aromatic carbocycles. The Labute approximate surface area is 169 Å². The van der Waals surface area contributed by atoms with Crippen LogP contribution in [0.3, 0.4) is 0 Å². The van der Waals surface area contributed by atoms with Gasteiger partial charge in [-0.3, -0.25) is 10.0 Å². The highest BCUT2D eigenvalue weighted by molar-refractivity contribution is 6.03. The Hall–Kier alpha value is -3.63. The van der Waals surface area contributed by atoms with Gasteiger partial charge in [0.05, 0.1) is 0 Å². The van der Waals surface area contributed by atoms with Gasteiger partial charge in [-0.15, -0.1) is 0 Å². The second-order valence-electron chi connectivity index (χ2n) is 7.13. The van der Waals surface area contributed by atoms with Crippen LogP contribution < -0.4 is 10.8 Å². The van der Waals surface area contributed by atoms with E-state index < -0.39 is 5.91 Å². The number of carbonyl (C=O) groups is 1. The van der Waals surface area contributed by atoms with Crippen LogP contribution in [0, 0.1) is 0 Å². The zero-order valence-corrected chi connectivity index (χ0v) is 16.1. The Balaban J connectivity index is 1.53. The quantitative estimate of drug-likeness (QED) is 0.238. The molecule has 0 aromatic heterocycles. The molecule has 0 saturated heterocycles. The number of hydrogen-bond acceptors (Lipinski definition) is 3. The standard InChI is InChI=1S/C25H22N2O2/c1-17(13-18-9-11-19(12-10-18)25(28)27-29)16-26-24-8-4-7-22-14-20-5-2-3-6-21(20)15-23(22)24/h2-15,26,29H,16H2,1H3,(H,27,28)/b17-13+. The lowest BCUT2D eigenvalue weighted by molar-refractivity contribution is 0.0706. The van der Waals surface area contributed by atoms with Crippen molar-refractivity contribution in [1.29, 1.82) is 0 Å². The van der Waals surface area contributed by atoms with Crippen molar-refractivity contribution in [2.24, 2.45) is 0 Å². The summed E-state index contributed by atoms with van der Waals surface area (Å²) in [5.74, 6) is -0.512. The number of amides is 1. The third-order valence-corrected chi connectivity index (χ3v) is 4.99. The zero-order chi connectivity index (χ0) is 20.2. The average molecular weight is 382 g/mol. The van der Waals surface area contributed by atoms with Crippen molar-refractivity contribution in [1.82, 2.24) is 5.48 Å². The van der Waals surface area contributed by atoms with Gasteiger partial charge in [-0.25, -0.2) is 5.48 Å². The van der Waals surface area contributed by atoms with Crippen molar-refractivity contribution in [3.05, 3.63) is 95.6 Å². The minimum atomic E-state index is -0.512. The van der Waals surface area contributed by atoms with Gasteiger partial charge in [-0.2, -0.15) is 0 Å². The molecular weight excluding hydrogens is 360 g/mol. The van der Waals surface area contributed by atoms with E-state index in [4.69, 9.17) is 5.21 Å². The lowest BCUT2D eigenvalue weighted by atomic mass is 10.0. The fourth-order valence-corrected chi connectivity index (χ4v) is 3.49. The molecule has 0 aliphatic rings. The Morgan fingerprint density at radius 2 is 1.59 bits per heavy atom. The number of hydroxylamine groups is 1. The van der Waals surface area contributed by atoms with E-state index in [1.807, 2.05) is 12.1 Å². The van der Waals surface area contributed by atoms with Crippen molar-refractivity contribution >= 4 is 39.2 Å². The molecule has 1 amide bonds. The molecular formula is C25H22N2O2. The average Bonchev–Trinajstić information content (AvgIpc) is 2.76. The van der Waals surface area contributed by atoms with Crippen LogP contribution in [-0.4, -0.2) is 17.7 Å². The topological polar surface area (TPSA) is 61.4 Å². The normalized spacial score (nSPS) is 11.6. The summed E-state index contributed by atoms with van der Waals surface area (Å²) in [5, 5.41) is 17.1. The maximum absolute atomic E-state index is 11.4. The maximum atomic E-state index is 11.4. The van der Waals surface area contributed by atoms with Crippen LogP contribution in [0.2, 0.25) is 0 Å². The van der Waals surface area contributed by atoms with Gasteiger partial charge in [0.25, 0.3) is 5.91 Å². The van der Waals surface area contributed by atoms with Gasteiger partial charge in [0, 0.05) is 23.2 Å². The number of carbonyl (C=O) groups excluding carboxylic acids is 1. The summed E-state index contributed by atoms with van der Waals surface area (Å²) in [6.07, 6.45) is 2.08. The summed E-state index contributed by atoms with van der Waals surface area (Å²) >= 11 is 0. The number of rotatable bonds is 5. The van der Waals surface area contributed by atoms with Gasteiger partial charge in [0.2, 0.25) is 0 Å². The summed E-state index contributed by atoms with van der Waals surface area (Å²) < 4.78 is 0. The molecule has 0 heterocycles. The van der Waals surface area contributed by atoms with E-state index in [0.29, 0.717) is 12.1 Å². The minimum Gasteiger partial charge on any atom is -0.381 e. The largest absolute Gasteiger partial charge is 0.381 e. The van der Waals surface area contributed by atoms with Crippen molar-refractivity contribution in [3.63, 3.8) is 0 Å². The van der Waals surface area contributed by atoms with E-state index >= 15 is 0 Å². The second-order valence-corrected chi connectivity index (χ2v) is 7.13. The van der Waals surface area contributed by atoms with E-state index in [1.165, 1.54) is 27.1 Å². The number of anilines is 1. The molecule has 0 spiro atoms. The van der Waals surface area contributed by atoms with Gasteiger partial charge in [0.15, 0.2) is 0 Å². The van der Waals surface area contributed by atoms with E-state index in [0.717, 1.165) is 11.3 Å². The number of hydrogen-bond donors (Lipinski definition) is 3. The predicted molar refractivity (Wildman–Crippen MR) is 119 cm³/mol. The van der Waals surface area contributed by atoms with Crippen LogP contribution in [0.25, 0.3) is 27.6 Å². The molecule has 29 heavy (non-hydrogen) atoms. The summed E-state index contributed by atoms with van der Waals surface area (Å²) in [6, 6.07) is 26.3. The van der Waals surface area contributed by atoms with Crippen molar-refractivity contribution in [3.8, 4) is 0 Å². The van der Waals surface area contributed by atoms with Crippen LogP contribution in [0.15, 0.2) is 84.4 Å². The molecule has 0 atom stereocenters. The monoisotopic (exact) mass is 382 g/mol. The molecule has 0 bridgehead atoms. The van der Waals surface area contributed by atoms with Crippen LogP contribution in [0.1, 0.15) is 22.8 Å². The highest BCUT2D eigenvalue weighted by Gasteiger charge is 2.04. The smallest absolute Gasteiger partial charge is 0.274 e. The van der Waals surface area contributed by atoms with Gasteiger partial charge < -0.3 is 5.32 Å². The number of benzene rings is 4. The van der Waals surface area contributed by atoms with Crippen molar-refractivity contribution in [2.45, 2.75) is 6.92 Å². The fraction of sp³-hybridized carbons (Fsp3) is 0.0800. The SMILES string of the molecule is C/C(=C\c1ccc(C(=O)NO)cc1)CNc1cccc2cc3ccccc3cc12. The lowest BCUT2D eigenvalue weighted by Crippen LogP contribution is -2.18. The molecule has 4 rings (SSSR count). The molecule has 0 radical (unpaired) electrons. The third-order valence-electron chi connectivity index (χ3n) is 4.99. The first-order valence-corrected chi connectivity index (χ1v) is 9.51. The van der Waals surface area contributed by atoms with E-state index in [-0.39, 0.29) is 0 Å². The van der Waals surface area contributed by atoms with E-state index in [1.54, 1.807) is 17.6 Å². The van der Waals surface area contributed by atoms with E-state index in [2.05, 4.69) is 72.9 Å². The summed E-state index contributed by atoms with van der Waals surface area (Å²) in [7, 11) is 0. The first kappa shape index (κ1) is 18.7. The van der Waals surface area contributed by atoms with Crippen LogP contribution in [0.5, 0.6) is 0 Å². The zero-order valence-electron chi connectivity index (χ0n) is 16.1. The van der Waals surface area contributed by atoms with Gasteiger partial charge >= 0.3 is 0 Å². The Morgan fingerprint density at radius 1 is 0.897 bits per heavy atom. The molecule has 0 aliphatic carbocycles. The Morgan fingerprint density at radius 3 is 2.31 bits per heavy atom. The second kappa shape index (κ2) is 8.17. The lowest BCUT2D eigenvalue weighted by Gasteiger charge is -2.11. The maximum Gasteiger partial charge on any atom is 0.274 e. The fourth-order valence-electron chi connectivity index (χ4n) is 3.49. The highest BCUT2D eigenvalue weighted by Crippen LogP contribution is 2.28. The molecule has 4 nitrogen and oxygen atoms in total. The van der Waals surface area contributed by atoms with Crippen molar-refractivity contribution in [2.75, 3.05) is 11.9 Å². The van der Waals surface area contributed by atoms with Gasteiger partial charge in [-0.05, 0) is 59.0 Å². The van der Waals surface area contributed by atoms with E-state index in [9.17, 15) is 4.79 Å². The Bertz CT molecular complexity index is 1210. The molecule has 0 aliphatic heterocycles. The highest BCUT2D eigenvalue weighted by atomic mass is 16.5. The van der Waals surface area contributed by atoms with Crippen molar-refractivity contribution < 1.29 is 10.0 Å². The van der Waals surface area contributed by atoms with Crippen LogP contribution >= 0.6 is 0 Å². The van der Waals surface area contributed by atoms with Gasteiger partial charge in [0.1, 0.15) is 0 Å². The summed E-state index contributed by atoms with van der Waals surface area (Å²) in [5.41, 5.74) is 5.34. The summed E-state index contributed by atoms with van der Waals surface area (Å²) in [4.78, 5) is 11.4. The minimum absolute atomic E-state index is 0.420. The first-order valence-electron chi connectivity index (χ1n) is 9.51. The van der Waals surface area contributed by atoms with Gasteiger partial charge in [-0.1, -0.05) is 60.2 Å². The molecule has 144 valence electrons. The third kappa shape index (κ3) is 4.13. The number of nitrogens with one attached hydrogen (secondary N) is 2. The molecule has 4 aromatic rings. The number of fused-ring (bicyclic) bond motifs is 2. The van der Waals surface area contributed by atoms with Crippen LogP contribution in [0.4, 0.5) is 5.69 Å². The first-order chi connectivity index (χ1) is 14.1. The molecule has 3 N–H and O–H groups in total. The van der Waals surface area contributed by atoms with Crippen LogP contribution in [-0.2, 0) is 0 Å². The summed E-state index contributed by atoms with van der Waals surface area (Å²) in [6.45, 7) is 2.78. The molecule has 4 heteroatoms.